The van der Waals surface area contributed by atoms with E-state index in [4.69, 9.17) is 0 Å². The molecule has 2 nitrogen and oxygen atoms in total. The minimum Gasteiger partial charge on any atom is -0.304 e. The molecule has 0 amide bonds. The molecule has 0 saturated carbocycles. The van der Waals surface area contributed by atoms with Crippen LogP contribution in [0.2, 0.25) is 0 Å². The minimum atomic E-state index is 0.926. The summed E-state index contributed by atoms with van der Waals surface area (Å²) in [7, 11) is 0. The van der Waals surface area contributed by atoms with Crippen molar-refractivity contribution in [2.75, 3.05) is 19.8 Å². The molecule has 0 aromatic rings. The lowest BCUT2D eigenvalue weighted by atomic mass is 9.99. The molecule has 2 saturated heterocycles. The number of rotatable bonds is 0. The van der Waals surface area contributed by atoms with Crippen molar-refractivity contribution in [3.8, 4) is 0 Å². The zero-order valence-electron chi connectivity index (χ0n) is 6.47. The highest BCUT2D eigenvalue weighted by Gasteiger charge is 2.23. The zero-order valence-corrected chi connectivity index (χ0v) is 6.47. The first-order valence-corrected chi connectivity index (χ1v) is 4.41. The molecule has 2 heteroatoms. The van der Waals surface area contributed by atoms with E-state index in [0.29, 0.717) is 0 Å². The molecule has 0 aliphatic carbocycles. The summed E-state index contributed by atoms with van der Waals surface area (Å²) in [4.78, 5) is 2.59. The molecule has 58 valence electrons. The van der Waals surface area contributed by atoms with Crippen LogP contribution in [-0.2, 0) is 0 Å². The van der Waals surface area contributed by atoms with E-state index in [9.17, 15) is 0 Å². The Morgan fingerprint density at radius 2 is 2.20 bits per heavy atom. The van der Waals surface area contributed by atoms with Gasteiger partial charge in [0.05, 0.1) is 0 Å². The Morgan fingerprint density at radius 1 is 1.20 bits per heavy atom. The average molecular weight is 140 g/mol. The molecule has 0 spiro atoms. The van der Waals surface area contributed by atoms with Crippen LogP contribution in [0.1, 0.15) is 25.7 Å². The molecule has 0 bridgehead atoms. The molecule has 2 heterocycles. The van der Waals surface area contributed by atoms with Gasteiger partial charge in [0, 0.05) is 12.7 Å². The summed E-state index contributed by atoms with van der Waals surface area (Å²) >= 11 is 0. The summed E-state index contributed by atoms with van der Waals surface area (Å²) in [6.07, 6.45) is 5.70. The van der Waals surface area contributed by atoms with Crippen molar-refractivity contribution in [3.63, 3.8) is 0 Å². The fourth-order valence-corrected chi connectivity index (χ4v) is 2.09. The molecule has 10 heavy (non-hydrogen) atoms. The van der Waals surface area contributed by atoms with Crippen molar-refractivity contribution in [3.05, 3.63) is 0 Å². The first-order valence-electron chi connectivity index (χ1n) is 4.41. The number of hydrogen-bond acceptors (Lipinski definition) is 2. The van der Waals surface area contributed by atoms with Gasteiger partial charge in [-0.05, 0) is 32.4 Å². The van der Waals surface area contributed by atoms with Crippen LogP contribution < -0.4 is 5.32 Å². The third-order valence-electron chi connectivity index (χ3n) is 2.72. The number of hydrogen-bond donors (Lipinski definition) is 1. The molecule has 2 aliphatic rings. The fraction of sp³-hybridized carbons (Fsp3) is 1.00. The van der Waals surface area contributed by atoms with E-state index in [-0.39, 0.29) is 0 Å². The van der Waals surface area contributed by atoms with Crippen LogP contribution in [0.3, 0.4) is 0 Å². The fourth-order valence-electron chi connectivity index (χ4n) is 2.09. The van der Waals surface area contributed by atoms with Crippen LogP contribution in [-0.4, -0.2) is 30.7 Å². The number of fused-ring (bicyclic) bond motifs is 1. The standard InChI is InChI=1S/C8H16N2/c1-2-6-10-7-9-5-4-8(10)3-1/h8-9H,1-7H2. The quantitative estimate of drug-likeness (QED) is 0.535. The van der Waals surface area contributed by atoms with Crippen LogP contribution >= 0.6 is 0 Å². The van der Waals surface area contributed by atoms with Gasteiger partial charge < -0.3 is 5.32 Å². The van der Waals surface area contributed by atoms with E-state index in [1.165, 1.54) is 38.8 Å². The first-order chi connectivity index (χ1) is 4.97. The zero-order chi connectivity index (χ0) is 6.81. The molecule has 2 aliphatic heterocycles. The van der Waals surface area contributed by atoms with Crippen molar-refractivity contribution >= 4 is 0 Å². The summed E-state index contributed by atoms with van der Waals surface area (Å²) in [6, 6.07) is 0.926. The van der Waals surface area contributed by atoms with E-state index in [1.807, 2.05) is 0 Å². The average Bonchev–Trinajstić information content (AvgIpc) is 2.05. The monoisotopic (exact) mass is 140 g/mol. The maximum atomic E-state index is 3.41. The number of nitrogens with zero attached hydrogens (tertiary/aromatic N) is 1. The third-order valence-corrected chi connectivity index (χ3v) is 2.72. The van der Waals surface area contributed by atoms with Crippen LogP contribution in [0.5, 0.6) is 0 Å². The van der Waals surface area contributed by atoms with Gasteiger partial charge in [0.1, 0.15) is 0 Å². The van der Waals surface area contributed by atoms with Gasteiger partial charge in [-0.15, -0.1) is 0 Å². The predicted molar refractivity (Wildman–Crippen MR) is 41.8 cm³/mol. The van der Waals surface area contributed by atoms with Crippen molar-refractivity contribution in [1.82, 2.24) is 10.2 Å². The Balaban J connectivity index is 1.93. The number of piperidine rings is 1. The summed E-state index contributed by atoms with van der Waals surface area (Å²) < 4.78 is 0. The topological polar surface area (TPSA) is 15.3 Å². The van der Waals surface area contributed by atoms with E-state index in [1.54, 1.807) is 0 Å². The van der Waals surface area contributed by atoms with Crippen molar-refractivity contribution in [1.29, 1.82) is 0 Å². The predicted octanol–water partition coefficient (Wildman–Crippen LogP) is 0.792. The van der Waals surface area contributed by atoms with Gasteiger partial charge in [-0.1, -0.05) is 6.42 Å². The molecule has 1 atom stereocenters. The van der Waals surface area contributed by atoms with Crippen LogP contribution in [0, 0.1) is 0 Å². The van der Waals surface area contributed by atoms with Crippen molar-refractivity contribution in [2.45, 2.75) is 31.7 Å². The lowest BCUT2D eigenvalue weighted by Crippen LogP contribution is -2.50. The van der Waals surface area contributed by atoms with Gasteiger partial charge in [-0.3, -0.25) is 4.90 Å². The first kappa shape index (κ1) is 6.62. The summed E-state index contributed by atoms with van der Waals surface area (Å²) in [5, 5.41) is 3.41. The van der Waals surface area contributed by atoms with Crippen molar-refractivity contribution in [2.24, 2.45) is 0 Å². The van der Waals surface area contributed by atoms with E-state index < -0.39 is 0 Å². The van der Waals surface area contributed by atoms with E-state index in [2.05, 4.69) is 10.2 Å². The summed E-state index contributed by atoms with van der Waals surface area (Å²) in [6.45, 7) is 3.71. The van der Waals surface area contributed by atoms with Gasteiger partial charge in [-0.25, -0.2) is 0 Å². The van der Waals surface area contributed by atoms with Crippen LogP contribution in [0.25, 0.3) is 0 Å². The molecule has 0 aromatic heterocycles. The largest absolute Gasteiger partial charge is 0.304 e. The maximum absolute atomic E-state index is 3.41. The second-order valence-corrected chi connectivity index (χ2v) is 3.41. The van der Waals surface area contributed by atoms with Crippen LogP contribution in [0.15, 0.2) is 0 Å². The number of nitrogens with one attached hydrogen (secondary N) is 1. The Morgan fingerprint density at radius 3 is 3.10 bits per heavy atom. The minimum absolute atomic E-state index is 0.926. The second-order valence-electron chi connectivity index (χ2n) is 3.41. The summed E-state index contributed by atoms with van der Waals surface area (Å²) in [5.74, 6) is 0. The lowest BCUT2D eigenvalue weighted by molar-refractivity contribution is 0.101. The highest BCUT2D eigenvalue weighted by Crippen LogP contribution is 2.20. The van der Waals surface area contributed by atoms with Gasteiger partial charge in [0.25, 0.3) is 0 Å². The Labute approximate surface area is 62.6 Å². The lowest BCUT2D eigenvalue weighted by Gasteiger charge is -2.39. The van der Waals surface area contributed by atoms with E-state index in [0.717, 1.165) is 12.7 Å². The summed E-state index contributed by atoms with van der Waals surface area (Å²) in [5.41, 5.74) is 0. The van der Waals surface area contributed by atoms with Crippen molar-refractivity contribution < 1.29 is 0 Å². The second kappa shape index (κ2) is 2.89. The molecular formula is C8H16N2. The van der Waals surface area contributed by atoms with Gasteiger partial charge in [0.2, 0.25) is 0 Å². The highest BCUT2D eigenvalue weighted by molar-refractivity contribution is 4.80. The Kier molecular flexibility index (Phi) is 1.91. The van der Waals surface area contributed by atoms with E-state index >= 15 is 0 Å². The molecule has 1 N–H and O–H groups in total. The molecule has 1 unspecified atom stereocenters. The highest BCUT2D eigenvalue weighted by atomic mass is 15.3. The third kappa shape index (κ3) is 1.18. The molecule has 0 radical (unpaired) electrons. The van der Waals surface area contributed by atoms with Gasteiger partial charge in [0.15, 0.2) is 0 Å². The molecule has 2 rings (SSSR count). The van der Waals surface area contributed by atoms with Crippen LogP contribution in [0.4, 0.5) is 0 Å². The maximum Gasteiger partial charge on any atom is 0.0483 e. The molecule has 2 fully saturated rings. The molecule has 0 aromatic carbocycles. The Hall–Kier alpha value is -0.0800. The normalized spacial score (nSPS) is 35.4. The Bertz CT molecular complexity index is 87.8. The van der Waals surface area contributed by atoms with Gasteiger partial charge >= 0.3 is 0 Å². The SMILES string of the molecule is C1CCN2CNCCC2C1. The molecular weight excluding hydrogens is 124 g/mol. The smallest absolute Gasteiger partial charge is 0.0483 e. The van der Waals surface area contributed by atoms with Gasteiger partial charge in [-0.2, -0.15) is 0 Å².